The molecule has 0 bridgehead atoms. The van der Waals surface area contributed by atoms with Crippen LogP contribution in [-0.2, 0) is 22.4 Å². The number of ether oxygens (including phenoxy) is 3. The maximum absolute atomic E-state index is 13.0. The van der Waals surface area contributed by atoms with E-state index in [2.05, 4.69) is 26.0 Å². The van der Waals surface area contributed by atoms with Crippen molar-refractivity contribution in [2.45, 2.75) is 64.6 Å². The Balaban J connectivity index is 1.64. The van der Waals surface area contributed by atoms with E-state index in [0.717, 1.165) is 42.6 Å². The Labute approximate surface area is 183 Å². The molecule has 2 unspecified atom stereocenters. The molecule has 6 heteroatoms. The molecule has 0 aliphatic carbocycles. The van der Waals surface area contributed by atoms with E-state index in [0.29, 0.717) is 18.8 Å². The molecule has 2 atom stereocenters. The number of aryl methyl sites for hydroxylation is 3. The summed E-state index contributed by atoms with van der Waals surface area (Å²) < 4.78 is 30.2. The first kappa shape index (κ1) is 23.1. The summed E-state index contributed by atoms with van der Waals surface area (Å²) in [5.74, 6) is 0.813. The monoisotopic (exact) mass is 430 g/mol. The van der Waals surface area contributed by atoms with Gasteiger partial charge in [0.15, 0.2) is 0 Å². The van der Waals surface area contributed by atoms with Gasteiger partial charge in [0.05, 0.1) is 19.1 Å². The van der Waals surface area contributed by atoms with Crippen molar-refractivity contribution in [3.63, 3.8) is 0 Å². The molecule has 0 radical (unpaired) electrons. The van der Waals surface area contributed by atoms with Crippen molar-refractivity contribution in [2.75, 3.05) is 13.2 Å². The summed E-state index contributed by atoms with van der Waals surface area (Å²) in [5.41, 5.74) is 3.40. The van der Waals surface area contributed by atoms with E-state index in [1.165, 1.54) is 17.7 Å². The summed E-state index contributed by atoms with van der Waals surface area (Å²) in [5, 5.41) is 9.84. The van der Waals surface area contributed by atoms with E-state index in [1.54, 1.807) is 12.1 Å². The van der Waals surface area contributed by atoms with Gasteiger partial charge in [0.1, 0.15) is 30.0 Å². The van der Waals surface area contributed by atoms with Gasteiger partial charge in [-0.15, -0.1) is 0 Å². The van der Waals surface area contributed by atoms with Crippen molar-refractivity contribution < 1.29 is 28.5 Å². The lowest BCUT2D eigenvalue weighted by molar-refractivity contribution is -0.162. The third-order valence-electron chi connectivity index (χ3n) is 5.23. The first-order valence-electron chi connectivity index (χ1n) is 11.0. The summed E-state index contributed by atoms with van der Waals surface area (Å²) in [4.78, 5) is 11.6. The van der Waals surface area contributed by atoms with Gasteiger partial charge in [0, 0.05) is 6.42 Å². The fourth-order valence-electron chi connectivity index (χ4n) is 3.88. The zero-order valence-corrected chi connectivity index (χ0v) is 18.2. The van der Waals surface area contributed by atoms with Crippen LogP contribution in [0.1, 0.15) is 49.3 Å². The van der Waals surface area contributed by atoms with Crippen molar-refractivity contribution in [3.05, 3.63) is 58.9 Å². The highest BCUT2D eigenvalue weighted by atomic mass is 19.1. The smallest absolute Gasteiger partial charge is 0.308 e. The molecule has 0 spiro atoms. The number of hydrogen-bond acceptors (Lipinski definition) is 5. The van der Waals surface area contributed by atoms with Crippen molar-refractivity contribution in [3.8, 4) is 11.5 Å². The molecular formula is C25H31FO5. The van der Waals surface area contributed by atoms with E-state index >= 15 is 0 Å². The lowest BCUT2D eigenvalue weighted by Gasteiger charge is -2.27. The Morgan fingerprint density at radius 2 is 1.84 bits per heavy atom. The molecule has 2 aromatic rings. The molecule has 1 fully saturated rings. The molecule has 1 aliphatic heterocycles. The number of aliphatic hydroxyl groups excluding tert-OH is 1. The average molecular weight is 431 g/mol. The Hall–Kier alpha value is -2.60. The predicted molar refractivity (Wildman–Crippen MR) is 116 cm³/mol. The van der Waals surface area contributed by atoms with Crippen LogP contribution in [-0.4, -0.2) is 36.5 Å². The maximum atomic E-state index is 13.0. The summed E-state index contributed by atoms with van der Waals surface area (Å²) in [6, 6.07) is 10.3. The van der Waals surface area contributed by atoms with Crippen LogP contribution in [0.15, 0.2) is 36.4 Å². The number of esters is 1. The van der Waals surface area contributed by atoms with Gasteiger partial charge in [-0.05, 0) is 61.6 Å². The van der Waals surface area contributed by atoms with Crippen LogP contribution >= 0.6 is 0 Å². The van der Waals surface area contributed by atoms with Crippen LogP contribution in [0.5, 0.6) is 11.5 Å². The lowest BCUT2D eigenvalue weighted by Crippen LogP contribution is -2.36. The second kappa shape index (κ2) is 11.1. The molecule has 31 heavy (non-hydrogen) atoms. The summed E-state index contributed by atoms with van der Waals surface area (Å²) in [7, 11) is 0. The molecule has 168 valence electrons. The van der Waals surface area contributed by atoms with E-state index in [-0.39, 0.29) is 24.8 Å². The zero-order chi connectivity index (χ0) is 22.2. The van der Waals surface area contributed by atoms with Crippen LogP contribution in [0.2, 0.25) is 0 Å². The molecule has 3 rings (SSSR count). The molecule has 1 heterocycles. The van der Waals surface area contributed by atoms with Gasteiger partial charge < -0.3 is 19.3 Å². The number of benzene rings is 2. The number of cyclic esters (lactones) is 1. The molecule has 0 aromatic heterocycles. The number of rotatable bonds is 10. The topological polar surface area (TPSA) is 65.0 Å². The zero-order valence-electron chi connectivity index (χ0n) is 18.2. The van der Waals surface area contributed by atoms with Crippen LogP contribution in [0.25, 0.3) is 0 Å². The quantitative estimate of drug-likeness (QED) is 0.443. The average Bonchev–Trinajstić information content (AvgIpc) is 2.71. The Kier molecular flexibility index (Phi) is 8.29. The van der Waals surface area contributed by atoms with Gasteiger partial charge in [0.2, 0.25) is 0 Å². The minimum Gasteiger partial charge on any atom is -0.494 e. The fourth-order valence-corrected chi connectivity index (χ4v) is 3.88. The molecule has 1 saturated heterocycles. The van der Waals surface area contributed by atoms with Gasteiger partial charge in [-0.1, -0.05) is 31.0 Å². The molecule has 1 N–H and O–H groups in total. The number of aliphatic hydroxyl groups is 1. The molecule has 0 amide bonds. The van der Waals surface area contributed by atoms with Gasteiger partial charge in [0.25, 0.3) is 0 Å². The molecule has 5 nitrogen and oxygen atoms in total. The van der Waals surface area contributed by atoms with Gasteiger partial charge in [-0.3, -0.25) is 4.79 Å². The van der Waals surface area contributed by atoms with Crippen molar-refractivity contribution in [2.24, 2.45) is 0 Å². The maximum Gasteiger partial charge on any atom is 0.308 e. The van der Waals surface area contributed by atoms with E-state index < -0.39 is 12.2 Å². The third kappa shape index (κ3) is 6.96. The minimum atomic E-state index is -0.675. The summed E-state index contributed by atoms with van der Waals surface area (Å²) in [6.45, 7) is 4.93. The fraction of sp³-hybridized carbons (Fsp3) is 0.480. The molecule has 1 aliphatic rings. The van der Waals surface area contributed by atoms with Gasteiger partial charge >= 0.3 is 5.97 Å². The number of carbonyl (C=O) groups is 1. The van der Waals surface area contributed by atoms with Crippen LogP contribution in [0.4, 0.5) is 4.39 Å². The first-order valence-corrected chi connectivity index (χ1v) is 11.0. The van der Waals surface area contributed by atoms with Gasteiger partial charge in [-0.2, -0.15) is 0 Å². The Bertz CT molecular complexity index is 865. The van der Waals surface area contributed by atoms with Crippen LogP contribution in [0.3, 0.4) is 0 Å². The van der Waals surface area contributed by atoms with Gasteiger partial charge in [-0.25, -0.2) is 4.39 Å². The van der Waals surface area contributed by atoms with E-state index in [9.17, 15) is 14.3 Å². The Morgan fingerprint density at radius 1 is 1.13 bits per heavy atom. The normalized spacial score (nSPS) is 18.5. The standard InChI is InChI=1S/C25H31FO5/c1-3-5-18-12-17(2)13-19(6-4-11-29-22-9-7-20(26)8-10-22)25(18)30-16-23-14-21(27)15-24(28)31-23/h7-10,12-13,21,23,27H,3-6,11,14-16H2,1-2H3. The molecule has 0 saturated carbocycles. The van der Waals surface area contributed by atoms with Crippen molar-refractivity contribution in [1.82, 2.24) is 0 Å². The predicted octanol–water partition coefficient (Wildman–Crippen LogP) is 4.54. The van der Waals surface area contributed by atoms with E-state index in [1.807, 2.05) is 0 Å². The number of carbonyl (C=O) groups excluding carboxylic acids is 1. The highest BCUT2D eigenvalue weighted by Crippen LogP contribution is 2.30. The second-order valence-corrected chi connectivity index (χ2v) is 8.08. The number of hydrogen-bond donors (Lipinski definition) is 1. The summed E-state index contributed by atoms with van der Waals surface area (Å²) >= 11 is 0. The number of halogens is 1. The SMILES string of the molecule is CCCc1cc(C)cc(CCCOc2ccc(F)cc2)c1OCC1CC(O)CC(=O)O1. The second-order valence-electron chi connectivity index (χ2n) is 8.08. The third-order valence-corrected chi connectivity index (χ3v) is 5.23. The van der Waals surface area contributed by atoms with E-state index in [4.69, 9.17) is 14.2 Å². The van der Waals surface area contributed by atoms with Crippen LogP contribution < -0.4 is 9.47 Å². The molecule has 2 aromatic carbocycles. The molecular weight excluding hydrogens is 399 g/mol. The highest BCUT2D eigenvalue weighted by molar-refractivity contribution is 5.71. The highest BCUT2D eigenvalue weighted by Gasteiger charge is 2.28. The Morgan fingerprint density at radius 3 is 2.52 bits per heavy atom. The minimum absolute atomic E-state index is 0.0431. The van der Waals surface area contributed by atoms with Crippen molar-refractivity contribution in [1.29, 1.82) is 0 Å². The first-order chi connectivity index (χ1) is 14.9. The largest absolute Gasteiger partial charge is 0.494 e. The van der Waals surface area contributed by atoms with Crippen molar-refractivity contribution >= 4 is 5.97 Å². The lowest BCUT2D eigenvalue weighted by atomic mass is 9.98. The summed E-state index contributed by atoms with van der Waals surface area (Å²) in [6.07, 6.45) is 2.74. The van der Waals surface area contributed by atoms with Crippen LogP contribution in [0, 0.1) is 12.7 Å².